The van der Waals surface area contributed by atoms with Gasteiger partial charge in [0.2, 0.25) is 0 Å². The van der Waals surface area contributed by atoms with E-state index in [4.69, 9.17) is 9.15 Å². The van der Waals surface area contributed by atoms with E-state index in [1.807, 2.05) is 13.8 Å². The van der Waals surface area contributed by atoms with Crippen LogP contribution in [0.3, 0.4) is 0 Å². The first-order chi connectivity index (χ1) is 9.87. The summed E-state index contributed by atoms with van der Waals surface area (Å²) in [6.07, 6.45) is 3.38. The number of carbonyl (C=O) groups is 1. The molecule has 0 bridgehead atoms. The number of hydrogen-bond acceptors (Lipinski definition) is 4. The number of carbonyl (C=O) groups excluding carboxylic acids is 1. The van der Waals surface area contributed by atoms with Crippen molar-refractivity contribution < 1.29 is 19.1 Å². The molecule has 1 aliphatic rings. The van der Waals surface area contributed by atoms with E-state index in [9.17, 15) is 9.90 Å². The lowest BCUT2D eigenvalue weighted by atomic mass is 10.00. The monoisotopic (exact) mass is 296 g/mol. The lowest BCUT2D eigenvalue weighted by molar-refractivity contribution is -0.0403. The van der Waals surface area contributed by atoms with E-state index in [1.54, 1.807) is 19.1 Å². The number of nitrogens with one attached hydrogen (secondary N) is 2. The SMILES string of the molecule is CC1CC(NC(=O)NCC(C)(O)c2ccco2)CC(C)O1. The quantitative estimate of drug-likeness (QED) is 0.790. The maximum absolute atomic E-state index is 11.9. The topological polar surface area (TPSA) is 83.7 Å². The molecule has 2 amide bonds. The van der Waals surface area contributed by atoms with Crippen LogP contribution in [-0.4, -0.2) is 35.9 Å². The van der Waals surface area contributed by atoms with Gasteiger partial charge in [0.1, 0.15) is 11.4 Å². The fourth-order valence-electron chi connectivity index (χ4n) is 2.68. The molecule has 0 spiro atoms. The Bertz CT molecular complexity index is 448. The highest BCUT2D eigenvalue weighted by molar-refractivity contribution is 5.74. The maximum atomic E-state index is 11.9. The summed E-state index contributed by atoms with van der Waals surface area (Å²) in [5, 5.41) is 15.9. The minimum atomic E-state index is -1.23. The summed E-state index contributed by atoms with van der Waals surface area (Å²) < 4.78 is 10.8. The Labute approximate surface area is 124 Å². The average molecular weight is 296 g/mol. The van der Waals surface area contributed by atoms with Gasteiger partial charge >= 0.3 is 6.03 Å². The van der Waals surface area contributed by atoms with Gasteiger partial charge in [-0.25, -0.2) is 4.79 Å². The second-order valence-corrected chi connectivity index (χ2v) is 6.00. The van der Waals surface area contributed by atoms with Crippen LogP contribution in [0.5, 0.6) is 0 Å². The molecule has 118 valence electrons. The van der Waals surface area contributed by atoms with Gasteiger partial charge in [-0.15, -0.1) is 0 Å². The van der Waals surface area contributed by atoms with Crippen molar-refractivity contribution in [3.05, 3.63) is 24.2 Å². The van der Waals surface area contributed by atoms with Gasteiger partial charge in [-0.2, -0.15) is 0 Å². The van der Waals surface area contributed by atoms with Crippen molar-refractivity contribution in [1.29, 1.82) is 0 Å². The number of amides is 2. The predicted octanol–water partition coefficient (Wildman–Crippen LogP) is 1.74. The third-order valence-electron chi connectivity index (χ3n) is 3.68. The lowest BCUT2D eigenvalue weighted by Gasteiger charge is -2.32. The van der Waals surface area contributed by atoms with E-state index >= 15 is 0 Å². The summed E-state index contributed by atoms with van der Waals surface area (Å²) in [5.41, 5.74) is -1.23. The minimum Gasteiger partial charge on any atom is -0.466 e. The number of aliphatic hydroxyl groups is 1. The molecule has 0 radical (unpaired) electrons. The van der Waals surface area contributed by atoms with E-state index in [-0.39, 0.29) is 30.8 Å². The molecular formula is C15H24N2O4. The Kier molecular flexibility index (Phi) is 4.90. The van der Waals surface area contributed by atoms with Crippen molar-refractivity contribution in [2.45, 2.75) is 57.5 Å². The lowest BCUT2D eigenvalue weighted by Crippen LogP contribution is -2.50. The Balaban J connectivity index is 1.79. The Morgan fingerprint density at radius 3 is 2.67 bits per heavy atom. The van der Waals surface area contributed by atoms with Crippen molar-refractivity contribution in [3.8, 4) is 0 Å². The molecule has 2 rings (SSSR count). The summed E-state index contributed by atoms with van der Waals surface area (Å²) in [6.45, 7) is 5.69. The summed E-state index contributed by atoms with van der Waals surface area (Å²) in [6, 6.07) is 3.20. The Hall–Kier alpha value is -1.53. The summed E-state index contributed by atoms with van der Waals surface area (Å²) >= 11 is 0. The maximum Gasteiger partial charge on any atom is 0.315 e. The molecule has 0 aliphatic carbocycles. The fourth-order valence-corrected chi connectivity index (χ4v) is 2.68. The standard InChI is InChI=1S/C15H24N2O4/c1-10-7-12(8-11(2)21-10)17-14(18)16-9-15(3,19)13-5-4-6-20-13/h4-6,10-12,19H,7-9H2,1-3H3,(H2,16,17,18). The summed E-state index contributed by atoms with van der Waals surface area (Å²) in [7, 11) is 0. The van der Waals surface area contributed by atoms with Crippen LogP contribution in [0.25, 0.3) is 0 Å². The second kappa shape index (κ2) is 6.49. The molecule has 1 aliphatic heterocycles. The molecule has 1 aromatic heterocycles. The minimum absolute atomic E-state index is 0.0840. The van der Waals surface area contributed by atoms with Gasteiger partial charge in [-0.05, 0) is 45.7 Å². The molecule has 1 fully saturated rings. The van der Waals surface area contributed by atoms with Crippen LogP contribution in [0, 0.1) is 0 Å². The van der Waals surface area contributed by atoms with Crippen LogP contribution in [0.1, 0.15) is 39.4 Å². The highest BCUT2D eigenvalue weighted by Gasteiger charge is 2.28. The smallest absolute Gasteiger partial charge is 0.315 e. The number of rotatable bonds is 4. The number of furan rings is 1. The molecule has 2 heterocycles. The Morgan fingerprint density at radius 2 is 2.10 bits per heavy atom. The number of hydrogen-bond donors (Lipinski definition) is 3. The van der Waals surface area contributed by atoms with Gasteiger partial charge in [-0.3, -0.25) is 0 Å². The fraction of sp³-hybridized carbons (Fsp3) is 0.667. The van der Waals surface area contributed by atoms with Crippen LogP contribution in [0.15, 0.2) is 22.8 Å². The van der Waals surface area contributed by atoms with Crippen molar-refractivity contribution in [3.63, 3.8) is 0 Å². The van der Waals surface area contributed by atoms with E-state index < -0.39 is 5.60 Å². The molecular weight excluding hydrogens is 272 g/mol. The van der Waals surface area contributed by atoms with Gasteiger partial charge in [0, 0.05) is 6.04 Å². The zero-order valence-corrected chi connectivity index (χ0v) is 12.8. The van der Waals surface area contributed by atoms with E-state index in [0.717, 1.165) is 12.8 Å². The molecule has 0 aromatic carbocycles. The molecule has 6 heteroatoms. The van der Waals surface area contributed by atoms with Crippen LogP contribution in [0.2, 0.25) is 0 Å². The van der Waals surface area contributed by atoms with Gasteiger partial charge in [0.15, 0.2) is 0 Å². The van der Waals surface area contributed by atoms with Crippen molar-refractivity contribution in [2.75, 3.05) is 6.54 Å². The van der Waals surface area contributed by atoms with Crippen LogP contribution in [-0.2, 0) is 10.3 Å². The zero-order chi connectivity index (χ0) is 15.5. The van der Waals surface area contributed by atoms with E-state index in [0.29, 0.717) is 5.76 Å². The predicted molar refractivity (Wildman–Crippen MR) is 77.8 cm³/mol. The number of ether oxygens (including phenoxy) is 1. The van der Waals surface area contributed by atoms with Crippen LogP contribution in [0.4, 0.5) is 4.79 Å². The van der Waals surface area contributed by atoms with Gasteiger partial charge in [0.25, 0.3) is 0 Å². The van der Waals surface area contributed by atoms with E-state index in [2.05, 4.69) is 10.6 Å². The summed E-state index contributed by atoms with van der Waals surface area (Å²) in [4.78, 5) is 11.9. The number of urea groups is 1. The first kappa shape index (κ1) is 15.9. The summed E-state index contributed by atoms with van der Waals surface area (Å²) in [5.74, 6) is 0.427. The zero-order valence-electron chi connectivity index (χ0n) is 12.8. The molecule has 3 atom stereocenters. The van der Waals surface area contributed by atoms with Crippen molar-refractivity contribution in [2.24, 2.45) is 0 Å². The largest absolute Gasteiger partial charge is 0.466 e. The highest BCUT2D eigenvalue weighted by atomic mass is 16.5. The molecule has 3 unspecified atom stereocenters. The van der Waals surface area contributed by atoms with Crippen LogP contribution < -0.4 is 10.6 Å². The molecule has 1 saturated heterocycles. The highest BCUT2D eigenvalue weighted by Crippen LogP contribution is 2.20. The van der Waals surface area contributed by atoms with Crippen molar-refractivity contribution >= 4 is 6.03 Å². The normalized spacial score (nSPS) is 28.7. The second-order valence-electron chi connectivity index (χ2n) is 6.00. The van der Waals surface area contributed by atoms with Crippen molar-refractivity contribution in [1.82, 2.24) is 10.6 Å². The van der Waals surface area contributed by atoms with E-state index in [1.165, 1.54) is 6.26 Å². The molecule has 0 saturated carbocycles. The first-order valence-electron chi connectivity index (χ1n) is 7.33. The van der Waals surface area contributed by atoms with Gasteiger partial charge in [0.05, 0.1) is 25.0 Å². The van der Waals surface area contributed by atoms with Gasteiger partial charge < -0.3 is 24.9 Å². The molecule has 3 N–H and O–H groups in total. The molecule has 6 nitrogen and oxygen atoms in total. The first-order valence-corrected chi connectivity index (χ1v) is 7.33. The average Bonchev–Trinajstić information content (AvgIpc) is 2.89. The molecule has 1 aromatic rings. The third-order valence-corrected chi connectivity index (χ3v) is 3.68. The molecule has 21 heavy (non-hydrogen) atoms. The Morgan fingerprint density at radius 1 is 1.43 bits per heavy atom. The van der Waals surface area contributed by atoms with Gasteiger partial charge in [-0.1, -0.05) is 0 Å². The third kappa shape index (κ3) is 4.47. The van der Waals surface area contributed by atoms with Crippen LogP contribution >= 0.6 is 0 Å².